The summed E-state index contributed by atoms with van der Waals surface area (Å²) in [7, 11) is 1.56. The maximum atomic E-state index is 12.2. The Morgan fingerprint density at radius 3 is 2.17 bits per heavy atom. The minimum Gasteiger partial charge on any atom is -0.497 e. The van der Waals surface area contributed by atoms with E-state index in [1.807, 2.05) is 6.92 Å². The van der Waals surface area contributed by atoms with E-state index in [4.69, 9.17) is 9.47 Å². The number of hydrogen-bond donors (Lipinski definition) is 3. The Morgan fingerprint density at radius 2 is 1.57 bits per heavy atom. The molecule has 0 aliphatic carbocycles. The predicted octanol–water partition coefficient (Wildman–Crippen LogP) is 3.05. The maximum absolute atomic E-state index is 12.2. The minimum absolute atomic E-state index is 0.0628. The van der Waals surface area contributed by atoms with Crippen LogP contribution in [0.15, 0.2) is 48.5 Å². The van der Waals surface area contributed by atoms with Gasteiger partial charge in [-0.2, -0.15) is 0 Å². The minimum atomic E-state index is -0.820. The number of amides is 3. The zero-order chi connectivity index (χ0) is 21.9. The number of benzene rings is 2. The van der Waals surface area contributed by atoms with Crippen molar-refractivity contribution in [3.8, 4) is 11.5 Å². The molecule has 0 radical (unpaired) electrons. The van der Waals surface area contributed by atoms with Crippen LogP contribution in [0.1, 0.15) is 43.5 Å². The summed E-state index contributed by atoms with van der Waals surface area (Å²) in [5, 5.41) is 2.77. The van der Waals surface area contributed by atoms with Gasteiger partial charge in [0, 0.05) is 17.7 Å². The highest BCUT2D eigenvalue weighted by Gasteiger charge is 2.16. The van der Waals surface area contributed by atoms with E-state index in [1.165, 1.54) is 0 Å². The average molecular weight is 413 g/mol. The first-order valence-electron chi connectivity index (χ1n) is 9.73. The highest BCUT2D eigenvalue weighted by atomic mass is 16.5. The largest absolute Gasteiger partial charge is 0.497 e. The summed E-state index contributed by atoms with van der Waals surface area (Å²) in [6.07, 6.45) is 1.41. The Kier molecular flexibility index (Phi) is 8.68. The van der Waals surface area contributed by atoms with Gasteiger partial charge in [0.15, 0.2) is 6.10 Å². The normalized spacial score (nSPS) is 11.2. The molecule has 30 heavy (non-hydrogen) atoms. The van der Waals surface area contributed by atoms with Crippen molar-refractivity contribution in [3.63, 3.8) is 0 Å². The lowest BCUT2D eigenvalue weighted by atomic mass is 10.2. The summed E-state index contributed by atoms with van der Waals surface area (Å²) in [5.41, 5.74) is 5.63. The molecular formula is C22H27N3O5. The molecule has 3 amide bonds. The first kappa shape index (κ1) is 22.7. The zero-order valence-corrected chi connectivity index (χ0v) is 17.4. The van der Waals surface area contributed by atoms with Gasteiger partial charge < -0.3 is 14.8 Å². The number of hydrogen-bond acceptors (Lipinski definition) is 5. The van der Waals surface area contributed by atoms with Crippen molar-refractivity contribution in [1.82, 2.24) is 10.9 Å². The molecule has 8 heteroatoms. The number of carbonyl (C=O) groups excluding carboxylic acids is 3. The van der Waals surface area contributed by atoms with E-state index in [0.29, 0.717) is 29.2 Å². The van der Waals surface area contributed by atoms with Crippen molar-refractivity contribution in [3.05, 3.63) is 54.1 Å². The van der Waals surface area contributed by atoms with E-state index in [-0.39, 0.29) is 5.91 Å². The summed E-state index contributed by atoms with van der Waals surface area (Å²) < 4.78 is 10.6. The van der Waals surface area contributed by atoms with E-state index < -0.39 is 17.9 Å². The zero-order valence-electron chi connectivity index (χ0n) is 17.4. The average Bonchev–Trinajstić information content (AvgIpc) is 2.76. The molecule has 0 aromatic heterocycles. The summed E-state index contributed by atoms with van der Waals surface area (Å²) in [5.74, 6) is 0.134. The SMILES string of the molecule is CCCCC(=O)Nc1ccc(C(=O)NNC(=O)C(C)Oc2ccc(OC)cc2)cc1. The van der Waals surface area contributed by atoms with Gasteiger partial charge in [-0.3, -0.25) is 25.2 Å². The molecule has 160 valence electrons. The van der Waals surface area contributed by atoms with Gasteiger partial charge in [0.2, 0.25) is 5.91 Å². The number of hydrazine groups is 1. The molecule has 0 heterocycles. The van der Waals surface area contributed by atoms with Crippen LogP contribution in [0.5, 0.6) is 11.5 Å². The fourth-order valence-corrected chi connectivity index (χ4v) is 2.47. The van der Waals surface area contributed by atoms with Gasteiger partial charge in [0.1, 0.15) is 11.5 Å². The topological polar surface area (TPSA) is 106 Å². The number of carbonyl (C=O) groups is 3. The van der Waals surface area contributed by atoms with Crippen molar-refractivity contribution >= 4 is 23.4 Å². The molecule has 0 aliphatic rings. The molecule has 0 aliphatic heterocycles. The molecule has 2 aromatic carbocycles. The van der Waals surface area contributed by atoms with Crippen LogP contribution in [-0.2, 0) is 9.59 Å². The third-order valence-corrected chi connectivity index (χ3v) is 4.23. The lowest BCUT2D eigenvalue weighted by Gasteiger charge is -2.15. The quantitative estimate of drug-likeness (QED) is 0.548. The fourth-order valence-electron chi connectivity index (χ4n) is 2.47. The molecule has 2 aromatic rings. The summed E-state index contributed by atoms with van der Waals surface area (Å²) in [6, 6.07) is 13.2. The van der Waals surface area contributed by atoms with Crippen LogP contribution in [0, 0.1) is 0 Å². The first-order chi connectivity index (χ1) is 14.4. The summed E-state index contributed by atoms with van der Waals surface area (Å²) >= 11 is 0. The lowest BCUT2D eigenvalue weighted by Crippen LogP contribution is -2.47. The van der Waals surface area contributed by atoms with Crippen LogP contribution in [0.4, 0.5) is 5.69 Å². The van der Waals surface area contributed by atoms with Crippen molar-refractivity contribution in [2.45, 2.75) is 39.2 Å². The van der Waals surface area contributed by atoms with Crippen LogP contribution < -0.4 is 25.6 Å². The number of methoxy groups -OCH3 is 1. The molecule has 2 rings (SSSR count). The van der Waals surface area contributed by atoms with E-state index in [9.17, 15) is 14.4 Å². The number of ether oxygens (including phenoxy) is 2. The Labute approximate surface area is 175 Å². The molecule has 0 saturated heterocycles. The van der Waals surface area contributed by atoms with Crippen LogP contribution in [0.3, 0.4) is 0 Å². The van der Waals surface area contributed by atoms with Crippen molar-refractivity contribution in [1.29, 1.82) is 0 Å². The second kappa shape index (κ2) is 11.5. The van der Waals surface area contributed by atoms with Crippen LogP contribution in [-0.4, -0.2) is 30.9 Å². The Balaban J connectivity index is 1.80. The number of nitrogens with one attached hydrogen (secondary N) is 3. The second-order valence-corrected chi connectivity index (χ2v) is 6.61. The Bertz CT molecular complexity index is 850. The van der Waals surface area contributed by atoms with E-state index in [1.54, 1.807) is 62.6 Å². The van der Waals surface area contributed by atoms with Crippen molar-refractivity contribution in [2.75, 3.05) is 12.4 Å². The Morgan fingerprint density at radius 1 is 0.933 bits per heavy atom. The van der Waals surface area contributed by atoms with Gasteiger partial charge in [0.05, 0.1) is 7.11 Å². The number of rotatable bonds is 9. The molecule has 0 spiro atoms. The van der Waals surface area contributed by atoms with Crippen LogP contribution in [0.25, 0.3) is 0 Å². The van der Waals surface area contributed by atoms with Gasteiger partial charge in [-0.1, -0.05) is 13.3 Å². The van der Waals surface area contributed by atoms with Crippen LogP contribution in [0.2, 0.25) is 0 Å². The van der Waals surface area contributed by atoms with Gasteiger partial charge >= 0.3 is 0 Å². The standard InChI is InChI=1S/C22H27N3O5/c1-4-5-6-20(26)23-17-9-7-16(8-10-17)22(28)25-24-21(27)15(2)30-19-13-11-18(29-3)12-14-19/h7-15H,4-6H2,1-3H3,(H,23,26)(H,24,27)(H,25,28). The molecular weight excluding hydrogens is 386 g/mol. The second-order valence-electron chi connectivity index (χ2n) is 6.61. The van der Waals surface area contributed by atoms with Gasteiger partial charge in [0.25, 0.3) is 11.8 Å². The van der Waals surface area contributed by atoms with E-state index >= 15 is 0 Å². The smallest absolute Gasteiger partial charge is 0.279 e. The molecule has 3 N–H and O–H groups in total. The lowest BCUT2D eigenvalue weighted by molar-refractivity contribution is -0.128. The molecule has 1 atom stereocenters. The van der Waals surface area contributed by atoms with Gasteiger partial charge in [-0.05, 0) is 61.9 Å². The maximum Gasteiger partial charge on any atom is 0.279 e. The van der Waals surface area contributed by atoms with E-state index in [2.05, 4.69) is 16.2 Å². The van der Waals surface area contributed by atoms with Crippen molar-refractivity contribution in [2.24, 2.45) is 0 Å². The summed E-state index contributed by atoms with van der Waals surface area (Å²) in [6.45, 7) is 3.59. The molecule has 0 bridgehead atoms. The highest BCUT2D eigenvalue weighted by Crippen LogP contribution is 2.18. The highest BCUT2D eigenvalue weighted by molar-refractivity contribution is 5.97. The molecule has 0 fully saturated rings. The fraction of sp³-hybridized carbons (Fsp3) is 0.318. The molecule has 0 saturated carbocycles. The number of anilines is 1. The van der Waals surface area contributed by atoms with E-state index in [0.717, 1.165) is 12.8 Å². The van der Waals surface area contributed by atoms with Gasteiger partial charge in [-0.25, -0.2) is 0 Å². The Hall–Kier alpha value is -3.55. The molecule has 1 unspecified atom stereocenters. The monoisotopic (exact) mass is 413 g/mol. The molecule has 8 nitrogen and oxygen atoms in total. The van der Waals surface area contributed by atoms with Gasteiger partial charge in [-0.15, -0.1) is 0 Å². The third-order valence-electron chi connectivity index (χ3n) is 4.23. The third kappa shape index (κ3) is 7.12. The predicted molar refractivity (Wildman–Crippen MR) is 113 cm³/mol. The summed E-state index contributed by atoms with van der Waals surface area (Å²) in [4.78, 5) is 36.1. The number of unbranched alkanes of at least 4 members (excludes halogenated alkanes) is 1. The van der Waals surface area contributed by atoms with Crippen LogP contribution >= 0.6 is 0 Å². The first-order valence-corrected chi connectivity index (χ1v) is 9.73. The van der Waals surface area contributed by atoms with Crippen molar-refractivity contribution < 1.29 is 23.9 Å².